The second-order valence-corrected chi connectivity index (χ2v) is 5.93. The first-order valence-corrected chi connectivity index (χ1v) is 8.36. The quantitative estimate of drug-likeness (QED) is 0.492. The fourth-order valence-electron chi connectivity index (χ4n) is 2.35. The van der Waals surface area contributed by atoms with Gasteiger partial charge in [0, 0.05) is 36.3 Å². The molecule has 3 rings (SSSR count). The molecule has 0 fully saturated rings. The molecule has 27 heavy (non-hydrogen) atoms. The van der Waals surface area contributed by atoms with Crippen LogP contribution < -0.4 is 10.1 Å². The van der Waals surface area contributed by atoms with Crippen LogP contribution in [0.5, 0.6) is 5.75 Å². The number of halogens is 1. The lowest BCUT2D eigenvalue weighted by Gasteiger charge is -2.10. The molecule has 1 amide bonds. The molecule has 0 unspecified atom stereocenters. The van der Waals surface area contributed by atoms with Crippen LogP contribution in [0, 0.1) is 10.1 Å². The maximum Gasteiger partial charge on any atom is 0.270 e. The minimum atomic E-state index is -0.582. The first-order valence-electron chi connectivity index (χ1n) is 7.98. The van der Waals surface area contributed by atoms with E-state index >= 15 is 0 Å². The van der Waals surface area contributed by atoms with Gasteiger partial charge in [0.2, 0.25) is 0 Å². The first kappa shape index (κ1) is 18.4. The number of non-ortho nitro benzene ring substituents is 1. The van der Waals surface area contributed by atoms with Crippen molar-refractivity contribution in [2.24, 2.45) is 0 Å². The zero-order chi connectivity index (χ0) is 19.2. The number of nitrogens with one attached hydrogen (secondary N) is 1. The number of amides is 1. The van der Waals surface area contributed by atoms with Crippen molar-refractivity contribution in [1.29, 1.82) is 0 Å². The summed E-state index contributed by atoms with van der Waals surface area (Å²) in [5.74, 6) is 0.0301. The van der Waals surface area contributed by atoms with E-state index in [-0.39, 0.29) is 16.3 Å². The number of rotatable bonds is 7. The summed E-state index contributed by atoms with van der Waals surface area (Å²) in [4.78, 5) is 22.7. The molecule has 0 saturated carbocycles. The average Bonchev–Trinajstić information content (AvgIpc) is 3.15. The van der Waals surface area contributed by atoms with Crippen LogP contribution in [0.2, 0.25) is 5.02 Å². The average molecular weight is 387 g/mol. The minimum absolute atomic E-state index is 0.0240. The highest BCUT2D eigenvalue weighted by Crippen LogP contribution is 2.24. The molecule has 0 aliphatic carbocycles. The Morgan fingerprint density at radius 3 is 2.85 bits per heavy atom. The van der Waals surface area contributed by atoms with Gasteiger partial charge in [-0.05, 0) is 24.3 Å². The number of nitro groups is 1. The third-order valence-electron chi connectivity index (χ3n) is 3.65. The summed E-state index contributed by atoms with van der Waals surface area (Å²) in [5, 5.41) is 17.8. The maximum atomic E-state index is 12.4. The van der Waals surface area contributed by atoms with Gasteiger partial charge in [-0.25, -0.2) is 0 Å². The number of carbonyl (C=O) groups is 1. The van der Waals surface area contributed by atoms with E-state index in [1.165, 1.54) is 12.1 Å². The highest BCUT2D eigenvalue weighted by molar-refractivity contribution is 6.34. The SMILES string of the molecule is O=C(Nc1cccc(OCCn2cccn2)c1)c1cc([N+](=O)[O-])ccc1Cl. The molecule has 0 saturated heterocycles. The van der Waals surface area contributed by atoms with E-state index < -0.39 is 10.8 Å². The second kappa shape index (κ2) is 8.33. The summed E-state index contributed by atoms with van der Waals surface area (Å²) in [6.45, 7) is 1.00. The van der Waals surface area contributed by atoms with Gasteiger partial charge in [-0.1, -0.05) is 17.7 Å². The van der Waals surface area contributed by atoms with Gasteiger partial charge in [-0.2, -0.15) is 5.10 Å². The van der Waals surface area contributed by atoms with E-state index in [1.807, 2.05) is 12.3 Å². The van der Waals surface area contributed by atoms with Crippen molar-refractivity contribution in [3.63, 3.8) is 0 Å². The van der Waals surface area contributed by atoms with Gasteiger partial charge in [0.05, 0.1) is 22.1 Å². The van der Waals surface area contributed by atoms with E-state index in [4.69, 9.17) is 16.3 Å². The molecular weight excluding hydrogens is 372 g/mol. The summed E-state index contributed by atoms with van der Waals surface area (Å²) < 4.78 is 7.40. The molecule has 9 heteroatoms. The van der Waals surface area contributed by atoms with Crippen molar-refractivity contribution in [3.8, 4) is 5.75 Å². The molecule has 0 aliphatic rings. The van der Waals surface area contributed by atoms with Crippen LogP contribution in [0.3, 0.4) is 0 Å². The van der Waals surface area contributed by atoms with Crippen LogP contribution in [-0.2, 0) is 6.54 Å². The van der Waals surface area contributed by atoms with Gasteiger partial charge in [0.25, 0.3) is 11.6 Å². The Labute approximate surface area is 159 Å². The van der Waals surface area contributed by atoms with Gasteiger partial charge >= 0.3 is 0 Å². The van der Waals surface area contributed by atoms with Gasteiger partial charge < -0.3 is 10.1 Å². The van der Waals surface area contributed by atoms with Crippen molar-refractivity contribution in [1.82, 2.24) is 9.78 Å². The highest BCUT2D eigenvalue weighted by atomic mass is 35.5. The smallest absolute Gasteiger partial charge is 0.270 e. The van der Waals surface area contributed by atoms with Gasteiger partial charge in [-0.15, -0.1) is 0 Å². The number of hydrogen-bond donors (Lipinski definition) is 1. The maximum absolute atomic E-state index is 12.4. The highest BCUT2D eigenvalue weighted by Gasteiger charge is 2.16. The number of benzene rings is 2. The number of ether oxygens (including phenoxy) is 1. The Hall–Kier alpha value is -3.39. The topological polar surface area (TPSA) is 99.3 Å². The molecule has 0 bridgehead atoms. The molecule has 1 heterocycles. The van der Waals surface area contributed by atoms with Crippen LogP contribution in [-0.4, -0.2) is 27.2 Å². The number of carbonyl (C=O) groups excluding carboxylic acids is 1. The number of aromatic nitrogens is 2. The zero-order valence-electron chi connectivity index (χ0n) is 14.0. The normalized spacial score (nSPS) is 10.4. The second-order valence-electron chi connectivity index (χ2n) is 5.52. The molecule has 0 aliphatic heterocycles. The lowest BCUT2D eigenvalue weighted by atomic mass is 10.2. The lowest BCUT2D eigenvalue weighted by molar-refractivity contribution is -0.384. The van der Waals surface area contributed by atoms with E-state index in [1.54, 1.807) is 35.1 Å². The summed E-state index contributed by atoms with van der Waals surface area (Å²) in [7, 11) is 0. The fraction of sp³-hybridized carbons (Fsp3) is 0.111. The van der Waals surface area contributed by atoms with Crippen molar-refractivity contribution < 1.29 is 14.5 Å². The van der Waals surface area contributed by atoms with E-state index in [0.717, 1.165) is 6.07 Å². The molecule has 0 atom stereocenters. The minimum Gasteiger partial charge on any atom is -0.492 e. The molecule has 0 spiro atoms. The fourth-order valence-corrected chi connectivity index (χ4v) is 2.56. The van der Waals surface area contributed by atoms with Crippen molar-refractivity contribution in [2.75, 3.05) is 11.9 Å². The molecule has 1 N–H and O–H groups in total. The Bertz CT molecular complexity index is 960. The van der Waals surface area contributed by atoms with Crippen LogP contribution >= 0.6 is 11.6 Å². The number of anilines is 1. The Morgan fingerprint density at radius 1 is 1.26 bits per heavy atom. The molecular formula is C18H15ClN4O4. The molecule has 8 nitrogen and oxygen atoms in total. The molecule has 3 aromatic rings. The van der Waals surface area contributed by atoms with Gasteiger partial charge in [0.1, 0.15) is 12.4 Å². The predicted octanol–water partition coefficient (Wildman–Crippen LogP) is 3.78. The van der Waals surface area contributed by atoms with Crippen LogP contribution in [0.15, 0.2) is 60.9 Å². The molecule has 138 valence electrons. The number of nitrogens with zero attached hydrogens (tertiary/aromatic N) is 3. The van der Waals surface area contributed by atoms with Crippen LogP contribution in [0.25, 0.3) is 0 Å². The van der Waals surface area contributed by atoms with E-state index in [0.29, 0.717) is 24.6 Å². The van der Waals surface area contributed by atoms with Crippen LogP contribution in [0.1, 0.15) is 10.4 Å². The molecule has 1 aromatic heterocycles. The van der Waals surface area contributed by atoms with Crippen LogP contribution in [0.4, 0.5) is 11.4 Å². The van der Waals surface area contributed by atoms with Crippen molar-refractivity contribution >= 4 is 28.9 Å². The van der Waals surface area contributed by atoms with Gasteiger partial charge in [-0.3, -0.25) is 19.6 Å². The lowest BCUT2D eigenvalue weighted by Crippen LogP contribution is -2.13. The Morgan fingerprint density at radius 2 is 2.11 bits per heavy atom. The van der Waals surface area contributed by atoms with Gasteiger partial charge in [0.15, 0.2) is 0 Å². The van der Waals surface area contributed by atoms with E-state index in [9.17, 15) is 14.9 Å². The van der Waals surface area contributed by atoms with Crippen molar-refractivity contribution in [3.05, 3.63) is 81.6 Å². The zero-order valence-corrected chi connectivity index (χ0v) is 14.8. The largest absolute Gasteiger partial charge is 0.492 e. The molecule has 0 radical (unpaired) electrons. The Balaban J connectivity index is 1.66. The summed E-state index contributed by atoms with van der Waals surface area (Å²) in [6.07, 6.45) is 3.53. The summed E-state index contributed by atoms with van der Waals surface area (Å²) in [6, 6.07) is 12.4. The monoisotopic (exact) mass is 386 g/mol. The number of nitro benzene ring substituents is 1. The Kier molecular flexibility index (Phi) is 5.68. The third kappa shape index (κ3) is 4.83. The molecule has 2 aromatic carbocycles. The third-order valence-corrected chi connectivity index (χ3v) is 3.98. The standard InChI is InChI=1S/C18H15ClN4O4/c19-17-6-5-14(23(25)26)12-16(17)18(24)21-13-3-1-4-15(11-13)27-10-9-22-8-2-7-20-22/h1-8,11-12H,9-10H2,(H,21,24). The number of hydrogen-bond acceptors (Lipinski definition) is 5. The van der Waals surface area contributed by atoms with E-state index in [2.05, 4.69) is 10.4 Å². The summed E-state index contributed by atoms with van der Waals surface area (Å²) >= 11 is 5.99. The summed E-state index contributed by atoms with van der Waals surface area (Å²) in [5.41, 5.74) is 0.301. The van der Waals surface area contributed by atoms with Crippen molar-refractivity contribution in [2.45, 2.75) is 6.54 Å². The first-order chi connectivity index (χ1) is 13.0. The predicted molar refractivity (Wildman–Crippen MR) is 100 cm³/mol.